The van der Waals surface area contributed by atoms with Gasteiger partial charge in [0.1, 0.15) is 6.61 Å². The molecule has 0 aromatic rings. The zero-order valence-corrected chi connectivity index (χ0v) is 5.66. The molecular weight excluding hydrogens is 161 g/mol. The topological polar surface area (TPSA) is 26.3 Å². The molecule has 0 radical (unpaired) electrons. The highest BCUT2D eigenvalue weighted by molar-refractivity contribution is 5.99. The molecule has 62 valence electrons. The molecule has 0 saturated carbocycles. The second-order valence-corrected chi connectivity index (χ2v) is 2.23. The van der Waals surface area contributed by atoms with Crippen LogP contribution in [0.3, 0.4) is 0 Å². The van der Waals surface area contributed by atoms with Gasteiger partial charge in [0.05, 0.1) is 0 Å². The third-order valence-corrected chi connectivity index (χ3v) is 1.28. The van der Waals surface area contributed by atoms with E-state index in [2.05, 4.69) is 4.74 Å². The maximum atomic E-state index is 11.6. The lowest BCUT2D eigenvalue weighted by atomic mass is 10.1. The lowest BCUT2D eigenvalue weighted by Gasteiger charge is -2.21. The van der Waals surface area contributed by atoms with Gasteiger partial charge >= 0.3 is 12.0 Å². The monoisotopic (exact) mass is 166 g/mol. The zero-order valence-electron chi connectivity index (χ0n) is 5.66. The number of hydrogen-bond donors (Lipinski definition) is 0. The van der Waals surface area contributed by atoms with Crippen molar-refractivity contribution >= 4 is 5.78 Å². The molecular formula is C6H5F3O2. The Kier molecular flexibility index (Phi) is 1.66. The smallest absolute Gasteiger partial charge is 0.458 e. The highest BCUT2D eigenvalue weighted by atomic mass is 19.4. The highest BCUT2D eigenvalue weighted by Crippen LogP contribution is 2.27. The molecule has 1 aliphatic rings. The van der Waals surface area contributed by atoms with E-state index in [4.69, 9.17) is 0 Å². The minimum atomic E-state index is -4.81. The van der Waals surface area contributed by atoms with Gasteiger partial charge in [-0.3, -0.25) is 4.79 Å². The molecule has 0 unspecified atom stereocenters. The summed E-state index contributed by atoms with van der Waals surface area (Å²) >= 11 is 0. The van der Waals surface area contributed by atoms with E-state index in [1.165, 1.54) is 6.92 Å². The highest BCUT2D eigenvalue weighted by Gasteiger charge is 2.44. The average molecular weight is 166 g/mol. The summed E-state index contributed by atoms with van der Waals surface area (Å²) in [6, 6.07) is 0. The van der Waals surface area contributed by atoms with Gasteiger partial charge in [0, 0.05) is 5.57 Å². The van der Waals surface area contributed by atoms with Crippen molar-refractivity contribution in [2.24, 2.45) is 0 Å². The van der Waals surface area contributed by atoms with E-state index in [0.717, 1.165) is 0 Å². The van der Waals surface area contributed by atoms with Crippen molar-refractivity contribution in [1.82, 2.24) is 0 Å². The molecule has 5 heteroatoms. The minimum absolute atomic E-state index is 0.122. The fourth-order valence-corrected chi connectivity index (χ4v) is 0.677. The summed E-state index contributed by atoms with van der Waals surface area (Å²) in [5.41, 5.74) is 0.354. The third kappa shape index (κ3) is 1.36. The number of Topliss-reactive ketones (excluding diaryl/α,β-unsaturated/α-hetero) is 1. The molecule has 2 nitrogen and oxygen atoms in total. The maximum absolute atomic E-state index is 11.6. The van der Waals surface area contributed by atoms with Crippen LogP contribution in [-0.4, -0.2) is 18.6 Å². The molecule has 0 N–H and O–H groups in total. The molecule has 0 atom stereocenters. The largest absolute Gasteiger partial charge is 0.485 e. The predicted octanol–water partition coefficient (Wildman–Crippen LogP) is 1.42. The quantitative estimate of drug-likeness (QED) is 0.588. The van der Waals surface area contributed by atoms with Gasteiger partial charge in [-0.2, -0.15) is 13.2 Å². The van der Waals surface area contributed by atoms with E-state index >= 15 is 0 Å². The Hall–Kier alpha value is -1.00. The van der Waals surface area contributed by atoms with Crippen LogP contribution in [-0.2, 0) is 9.53 Å². The van der Waals surface area contributed by atoms with Gasteiger partial charge < -0.3 is 4.74 Å². The lowest BCUT2D eigenvalue weighted by Crippen LogP contribution is -2.31. The van der Waals surface area contributed by atoms with Crippen LogP contribution in [0.2, 0.25) is 0 Å². The van der Waals surface area contributed by atoms with Crippen molar-refractivity contribution in [2.75, 3.05) is 6.61 Å². The summed E-state index contributed by atoms with van der Waals surface area (Å²) in [6.45, 7) is 1.56. The van der Waals surface area contributed by atoms with E-state index in [0.29, 0.717) is 5.57 Å². The number of hydrogen-bond acceptors (Lipinski definition) is 2. The van der Waals surface area contributed by atoms with Crippen molar-refractivity contribution < 1.29 is 22.7 Å². The molecule has 0 amide bonds. The Balaban J connectivity index is 2.79. The first-order valence-electron chi connectivity index (χ1n) is 2.87. The second kappa shape index (κ2) is 2.25. The van der Waals surface area contributed by atoms with Gasteiger partial charge in [-0.05, 0) is 6.92 Å². The van der Waals surface area contributed by atoms with E-state index in [9.17, 15) is 18.0 Å². The predicted molar refractivity (Wildman–Crippen MR) is 29.7 cm³/mol. The maximum Gasteiger partial charge on any atom is 0.458 e. The van der Waals surface area contributed by atoms with Crippen LogP contribution in [0.15, 0.2) is 11.3 Å². The SMILES string of the molecule is CC1=C(C(=O)C(F)(F)F)OC1. The first-order chi connectivity index (χ1) is 4.93. The fourth-order valence-electron chi connectivity index (χ4n) is 0.677. The molecule has 0 aromatic carbocycles. The molecule has 11 heavy (non-hydrogen) atoms. The Labute approximate surface area is 60.6 Å². The van der Waals surface area contributed by atoms with Gasteiger partial charge in [0.2, 0.25) is 0 Å². The molecule has 0 saturated heterocycles. The van der Waals surface area contributed by atoms with E-state index in [1.54, 1.807) is 0 Å². The van der Waals surface area contributed by atoms with E-state index in [-0.39, 0.29) is 6.61 Å². The van der Waals surface area contributed by atoms with Crippen molar-refractivity contribution in [2.45, 2.75) is 13.1 Å². The Morgan fingerprint density at radius 1 is 1.55 bits per heavy atom. The Morgan fingerprint density at radius 2 is 2.09 bits per heavy atom. The molecule has 1 aliphatic heterocycles. The molecule has 0 fully saturated rings. The number of ether oxygens (including phenoxy) is 1. The first-order valence-corrected chi connectivity index (χ1v) is 2.87. The third-order valence-electron chi connectivity index (χ3n) is 1.28. The van der Waals surface area contributed by atoms with Gasteiger partial charge in [-0.25, -0.2) is 0 Å². The van der Waals surface area contributed by atoms with Gasteiger partial charge in [0.15, 0.2) is 5.76 Å². The molecule has 0 spiro atoms. The summed E-state index contributed by atoms with van der Waals surface area (Å²) in [5.74, 6) is -2.43. The number of ketones is 1. The summed E-state index contributed by atoms with van der Waals surface area (Å²) in [6.07, 6.45) is -4.81. The normalized spacial score (nSPS) is 17.5. The van der Waals surface area contributed by atoms with Gasteiger partial charge in [-0.15, -0.1) is 0 Å². The fraction of sp³-hybridized carbons (Fsp3) is 0.500. The zero-order chi connectivity index (χ0) is 8.65. The van der Waals surface area contributed by atoms with Crippen LogP contribution in [0, 0.1) is 0 Å². The molecule has 0 aliphatic carbocycles. The molecule has 1 rings (SSSR count). The summed E-state index contributed by atoms with van der Waals surface area (Å²) in [5, 5.41) is 0. The summed E-state index contributed by atoms with van der Waals surface area (Å²) in [7, 11) is 0. The number of alkyl halides is 3. The average Bonchev–Trinajstić information content (AvgIpc) is 1.83. The van der Waals surface area contributed by atoms with Crippen LogP contribution < -0.4 is 0 Å². The molecule has 0 aromatic heterocycles. The van der Waals surface area contributed by atoms with Crippen molar-refractivity contribution in [3.63, 3.8) is 0 Å². The second-order valence-electron chi connectivity index (χ2n) is 2.23. The standard InChI is InChI=1S/C6H5F3O2/c1-3-2-11-4(3)5(10)6(7,8)9/h2H2,1H3. The van der Waals surface area contributed by atoms with E-state index in [1.807, 2.05) is 0 Å². The van der Waals surface area contributed by atoms with Crippen molar-refractivity contribution in [1.29, 1.82) is 0 Å². The van der Waals surface area contributed by atoms with Crippen LogP contribution >= 0.6 is 0 Å². The van der Waals surface area contributed by atoms with Crippen LogP contribution in [0.4, 0.5) is 13.2 Å². The van der Waals surface area contributed by atoms with Crippen LogP contribution in [0.5, 0.6) is 0 Å². The Bertz CT molecular complexity index is 226. The van der Waals surface area contributed by atoms with E-state index < -0.39 is 17.7 Å². The number of carbonyl (C=O) groups is 1. The summed E-state index contributed by atoms with van der Waals surface area (Å²) < 4.78 is 39.2. The minimum Gasteiger partial charge on any atom is -0.485 e. The summed E-state index contributed by atoms with van der Waals surface area (Å²) in [4.78, 5) is 10.3. The van der Waals surface area contributed by atoms with Crippen LogP contribution in [0.25, 0.3) is 0 Å². The van der Waals surface area contributed by atoms with Crippen molar-refractivity contribution in [3.8, 4) is 0 Å². The first kappa shape index (κ1) is 8.10. The van der Waals surface area contributed by atoms with Gasteiger partial charge in [-0.1, -0.05) is 0 Å². The van der Waals surface area contributed by atoms with Crippen LogP contribution in [0.1, 0.15) is 6.92 Å². The Morgan fingerprint density at radius 3 is 2.18 bits per heavy atom. The van der Waals surface area contributed by atoms with Crippen molar-refractivity contribution in [3.05, 3.63) is 11.3 Å². The van der Waals surface area contributed by atoms with Gasteiger partial charge in [0.25, 0.3) is 0 Å². The number of halogens is 3. The number of allylic oxidation sites excluding steroid dienone is 1. The lowest BCUT2D eigenvalue weighted by molar-refractivity contribution is -0.171. The molecule has 0 bridgehead atoms. The number of carbonyl (C=O) groups excluding carboxylic acids is 1. The number of rotatable bonds is 1. The molecule has 1 heterocycles.